The second kappa shape index (κ2) is 6.88. The maximum Gasteiger partial charge on any atom is 0.0510 e. The van der Waals surface area contributed by atoms with Crippen molar-refractivity contribution < 1.29 is 4.74 Å². The van der Waals surface area contributed by atoms with Gasteiger partial charge < -0.3 is 15.4 Å². The van der Waals surface area contributed by atoms with Crippen LogP contribution < -0.4 is 5.73 Å². The lowest BCUT2D eigenvalue weighted by atomic mass is 9.97. The van der Waals surface area contributed by atoms with Crippen molar-refractivity contribution in [3.05, 3.63) is 35.9 Å². The van der Waals surface area contributed by atoms with Crippen LogP contribution in [0.5, 0.6) is 0 Å². The molecule has 0 aromatic heterocycles. The first kappa shape index (κ1) is 13.5. The third kappa shape index (κ3) is 3.55. The predicted molar refractivity (Wildman–Crippen MR) is 74.5 cm³/mol. The number of likely N-dealkylation sites (N-methyl/N-ethyl adjacent to an activating group) is 1. The highest BCUT2D eigenvalue weighted by Gasteiger charge is 2.27. The molecule has 0 radical (unpaired) electrons. The fraction of sp³-hybridized carbons (Fsp3) is 0.600. The highest BCUT2D eigenvalue weighted by atomic mass is 16.5. The summed E-state index contributed by atoms with van der Waals surface area (Å²) in [5.74, 6) is 0.607. The average molecular weight is 248 g/mol. The molecule has 1 heterocycles. The lowest BCUT2D eigenvalue weighted by Gasteiger charge is -2.31. The van der Waals surface area contributed by atoms with Crippen molar-refractivity contribution in [3.63, 3.8) is 0 Å². The van der Waals surface area contributed by atoms with Crippen LogP contribution in [0.2, 0.25) is 0 Å². The first-order chi connectivity index (χ1) is 8.81. The van der Waals surface area contributed by atoms with Gasteiger partial charge in [0.15, 0.2) is 0 Å². The monoisotopic (exact) mass is 248 g/mol. The van der Waals surface area contributed by atoms with Crippen molar-refractivity contribution in [1.29, 1.82) is 0 Å². The highest BCUT2D eigenvalue weighted by Crippen LogP contribution is 2.20. The minimum atomic E-state index is 0.455. The molecule has 0 aliphatic carbocycles. The van der Waals surface area contributed by atoms with E-state index in [4.69, 9.17) is 10.5 Å². The van der Waals surface area contributed by atoms with E-state index in [0.717, 1.165) is 39.1 Å². The number of benzene rings is 1. The fourth-order valence-corrected chi connectivity index (χ4v) is 2.70. The Morgan fingerprint density at radius 2 is 2.17 bits per heavy atom. The Balaban J connectivity index is 1.83. The normalized spacial score (nSPS) is 21.4. The quantitative estimate of drug-likeness (QED) is 0.829. The van der Waals surface area contributed by atoms with Crippen LogP contribution in [0.3, 0.4) is 0 Å². The summed E-state index contributed by atoms with van der Waals surface area (Å²) >= 11 is 0. The zero-order valence-corrected chi connectivity index (χ0v) is 11.2. The number of hydrogen-bond acceptors (Lipinski definition) is 3. The van der Waals surface area contributed by atoms with E-state index in [9.17, 15) is 0 Å². The number of hydrogen-bond donors (Lipinski definition) is 1. The molecular weight excluding hydrogens is 224 g/mol. The average Bonchev–Trinajstić information content (AvgIpc) is 2.92. The molecule has 0 bridgehead atoms. The molecule has 2 N–H and O–H groups in total. The van der Waals surface area contributed by atoms with Crippen LogP contribution in [-0.2, 0) is 11.2 Å². The number of nitrogens with zero attached hydrogens (tertiary/aromatic N) is 1. The van der Waals surface area contributed by atoms with Gasteiger partial charge in [0.25, 0.3) is 0 Å². The van der Waals surface area contributed by atoms with Crippen molar-refractivity contribution in [2.45, 2.75) is 18.9 Å². The van der Waals surface area contributed by atoms with Gasteiger partial charge in [0.2, 0.25) is 0 Å². The SMILES string of the molecule is CN(CCc1ccccc1)C(CN)C1CCOC1. The van der Waals surface area contributed by atoms with Crippen LogP contribution in [-0.4, -0.2) is 44.3 Å². The summed E-state index contributed by atoms with van der Waals surface area (Å²) in [6.07, 6.45) is 2.24. The van der Waals surface area contributed by atoms with Crippen molar-refractivity contribution in [2.24, 2.45) is 11.7 Å². The predicted octanol–water partition coefficient (Wildman–Crippen LogP) is 1.52. The lowest BCUT2D eigenvalue weighted by molar-refractivity contribution is 0.141. The van der Waals surface area contributed by atoms with Crippen LogP contribution in [0.1, 0.15) is 12.0 Å². The Labute approximate surface area is 110 Å². The van der Waals surface area contributed by atoms with Crippen molar-refractivity contribution >= 4 is 0 Å². The Morgan fingerprint density at radius 1 is 1.39 bits per heavy atom. The molecule has 1 aliphatic rings. The van der Waals surface area contributed by atoms with E-state index in [1.807, 2.05) is 0 Å². The summed E-state index contributed by atoms with van der Waals surface area (Å²) in [5.41, 5.74) is 7.32. The van der Waals surface area contributed by atoms with Gasteiger partial charge >= 0.3 is 0 Å². The van der Waals surface area contributed by atoms with Crippen LogP contribution in [0.4, 0.5) is 0 Å². The Kier molecular flexibility index (Phi) is 5.17. The molecule has 1 saturated heterocycles. The van der Waals surface area contributed by atoms with Crippen LogP contribution in [0, 0.1) is 5.92 Å². The van der Waals surface area contributed by atoms with Gasteiger partial charge in [-0.2, -0.15) is 0 Å². The fourth-order valence-electron chi connectivity index (χ4n) is 2.70. The zero-order valence-electron chi connectivity index (χ0n) is 11.2. The number of nitrogens with two attached hydrogens (primary N) is 1. The molecule has 1 fully saturated rings. The lowest BCUT2D eigenvalue weighted by Crippen LogP contribution is -2.44. The Bertz CT molecular complexity index is 336. The summed E-state index contributed by atoms with van der Waals surface area (Å²) in [6.45, 7) is 3.55. The van der Waals surface area contributed by atoms with Crippen LogP contribution in [0.25, 0.3) is 0 Å². The summed E-state index contributed by atoms with van der Waals surface area (Å²) in [4.78, 5) is 2.40. The first-order valence-corrected chi connectivity index (χ1v) is 6.83. The summed E-state index contributed by atoms with van der Waals surface area (Å²) in [7, 11) is 2.18. The minimum absolute atomic E-state index is 0.455. The van der Waals surface area contributed by atoms with Crippen molar-refractivity contribution in [3.8, 4) is 0 Å². The molecule has 3 heteroatoms. The molecular formula is C15H24N2O. The molecule has 2 unspecified atom stereocenters. The molecule has 18 heavy (non-hydrogen) atoms. The van der Waals surface area contributed by atoms with Gasteiger partial charge in [0.05, 0.1) is 6.61 Å². The number of rotatable bonds is 6. The first-order valence-electron chi connectivity index (χ1n) is 6.83. The van der Waals surface area contributed by atoms with E-state index >= 15 is 0 Å². The second-order valence-electron chi connectivity index (χ2n) is 5.14. The molecule has 1 aromatic carbocycles. The molecule has 0 amide bonds. The van der Waals surface area contributed by atoms with E-state index in [1.54, 1.807) is 0 Å². The smallest absolute Gasteiger partial charge is 0.0510 e. The van der Waals surface area contributed by atoms with Crippen LogP contribution in [0.15, 0.2) is 30.3 Å². The summed E-state index contributed by atoms with van der Waals surface area (Å²) in [5, 5.41) is 0. The van der Waals surface area contributed by atoms with E-state index in [-0.39, 0.29) is 0 Å². The molecule has 1 aromatic rings. The van der Waals surface area contributed by atoms with E-state index < -0.39 is 0 Å². The Hall–Kier alpha value is -0.900. The van der Waals surface area contributed by atoms with Gasteiger partial charge in [0.1, 0.15) is 0 Å². The topological polar surface area (TPSA) is 38.5 Å². The van der Waals surface area contributed by atoms with Gasteiger partial charge in [-0.3, -0.25) is 0 Å². The maximum absolute atomic E-state index is 5.93. The molecule has 3 nitrogen and oxygen atoms in total. The van der Waals surface area contributed by atoms with E-state index in [1.165, 1.54) is 5.56 Å². The summed E-state index contributed by atoms with van der Waals surface area (Å²) < 4.78 is 5.47. The largest absolute Gasteiger partial charge is 0.381 e. The van der Waals surface area contributed by atoms with Gasteiger partial charge in [0, 0.05) is 31.7 Å². The van der Waals surface area contributed by atoms with Crippen molar-refractivity contribution in [2.75, 3.05) is 33.4 Å². The van der Waals surface area contributed by atoms with Gasteiger partial charge in [-0.05, 0) is 25.5 Å². The molecule has 2 atom stereocenters. The molecule has 100 valence electrons. The zero-order chi connectivity index (χ0) is 12.8. The molecule has 2 rings (SSSR count). The number of ether oxygens (including phenoxy) is 1. The van der Waals surface area contributed by atoms with E-state index in [0.29, 0.717) is 12.0 Å². The minimum Gasteiger partial charge on any atom is -0.381 e. The van der Waals surface area contributed by atoms with Gasteiger partial charge in [-0.15, -0.1) is 0 Å². The van der Waals surface area contributed by atoms with Gasteiger partial charge in [-0.1, -0.05) is 30.3 Å². The molecule has 0 spiro atoms. The molecule has 1 aliphatic heterocycles. The molecule has 0 saturated carbocycles. The van der Waals surface area contributed by atoms with Crippen LogP contribution >= 0.6 is 0 Å². The summed E-state index contributed by atoms with van der Waals surface area (Å²) in [6, 6.07) is 11.1. The van der Waals surface area contributed by atoms with Crippen molar-refractivity contribution in [1.82, 2.24) is 4.90 Å². The second-order valence-corrected chi connectivity index (χ2v) is 5.14. The third-order valence-electron chi connectivity index (χ3n) is 3.91. The van der Waals surface area contributed by atoms with Gasteiger partial charge in [-0.25, -0.2) is 0 Å². The maximum atomic E-state index is 5.93. The highest BCUT2D eigenvalue weighted by molar-refractivity contribution is 5.14. The van der Waals surface area contributed by atoms with E-state index in [2.05, 4.69) is 42.3 Å². The third-order valence-corrected chi connectivity index (χ3v) is 3.91. The standard InChI is InChI=1S/C15H24N2O/c1-17(9-7-13-5-3-2-4-6-13)15(11-16)14-8-10-18-12-14/h2-6,14-15H,7-12,16H2,1H3. The Morgan fingerprint density at radius 3 is 2.78 bits per heavy atom.